The number of aromatic carboxylic acids is 1. The predicted octanol–water partition coefficient (Wildman–Crippen LogP) is 2.42. The van der Waals surface area contributed by atoms with Crippen LogP contribution in [0.15, 0.2) is 18.2 Å². The van der Waals surface area contributed by atoms with E-state index >= 15 is 0 Å². The Morgan fingerprint density at radius 2 is 2.24 bits per heavy atom. The van der Waals surface area contributed by atoms with Crippen LogP contribution in [0.4, 0.5) is 11.4 Å². The first kappa shape index (κ1) is 11.8. The summed E-state index contributed by atoms with van der Waals surface area (Å²) in [6.07, 6.45) is 0. The van der Waals surface area contributed by atoms with Gasteiger partial charge in [-0.3, -0.25) is 0 Å². The third-order valence-electron chi connectivity index (χ3n) is 3.29. The number of hydrogen-bond acceptors (Lipinski definition) is 3. The maximum atomic E-state index is 11.3. The molecule has 17 heavy (non-hydrogen) atoms. The molecule has 0 unspecified atom stereocenters. The number of benzene rings is 1. The van der Waals surface area contributed by atoms with Gasteiger partial charge in [0.05, 0.1) is 22.5 Å². The van der Waals surface area contributed by atoms with Gasteiger partial charge in [0.2, 0.25) is 0 Å². The van der Waals surface area contributed by atoms with Gasteiger partial charge in [-0.05, 0) is 32.9 Å². The quantitative estimate of drug-likeness (QED) is 0.825. The van der Waals surface area contributed by atoms with Gasteiger partial charge >= 0.3 is 5.97 Å². The van der Waals surface area contributed by atoms with Crippen molar-refractivity contribution < 1.29 is 9.90 Å². The van der Waals surface area contributed by atoms with E-state index in [1.807, 2.05) is 6.07 Å². The van der Waals surface area contributed by atoms with Crippen molar-refractivity contribution in [3.63, 3.8) is 0 Å². The highest BCUT2D eigenvalue weighted by molar-refractivity contribution is 5.99. The third kappa shape index (κ3) is 1.84. The Labute approximate surface area is 101 Å². The lowest BCUT2D eigenvalue weighted by atomic mass is 9.95. The van der Waals surface area contributed by atoms with Crippen LogP contribution in [0.25, 0.3) is 0 Å². The van der Waals surface area contributed by atoms with E-state index in [0.717, 1.165) is 24.5 Å². The molecule has 1 aliphatic heterocycles. The van der Waals surface area contributed by atoms with E-state index in [2.05, 4.69) is 31.0 Å². The molecule has 1 aromatic carbocycles. The Morgan fingerprint density at radius 1 is 1.53 bits per heavy atom. The Kier molecular flexibility index (Phi) is 2.73. The van der Waals surface area contributed by atoms with Crippen LogP contribution in [0.1, 0.15) is 31.1 Å². The van der Waals surface area contributed by atoms with E-state index in [1.165, 1.54) is 0 Å². The van der Waals surface area contributed by atoms with E-state index in [0.29, 0.717) is 5.56 Å². The van der Waals surface area contributed by atoms with Crippen LogP contribution in [0.2, 0.25) is 0 Å². The van der Waals surface area contributed by atoms with E-state index in [-0.39, 0.29) is 5.54 Å². The molecular weight excluding hydrogens is 216 g/mol. The standard InChI is InChI=1S/C13H18N2O2/c1-4-15-11-9(12(16)17)6-5-7-10(11)14-8-13(15,2)3/h5-7,14H,4,8H2,1-3H3,(H,16,17). The Bertz CT molecular complexity index is 455. The summed E-state index contributed by atoms with van der Waals surface area (Å²) < 4.78 is 0. The second-order valence-electron chi connectivity index (χ2n) is 4.92. The summed E-state index contributed by atoms with van der Waals surface area (Å²) in [5.41, 5.74) is 2.00. The van der Waals surface area contributed by atoms with E-state index < -0.39 is 5.97 Å². The number of rotatable bonds is 2. The molecule has 0 aromatic heterocycles. The lowest BCUT2D eigenvalue weighted by Gasteiger charge is -2.45. The molecule has 4 heteroatoms. The molecule has 1 aliphatic rings. The molecule has 2 rings (SSSR count). The number of para-hydroxylation sites is 1. The molecule has 0 saturated heterocycles. The van der Waals surface area contributed by atoms with Gasteiger partial charge in [0.25, 0.3) is 0 Å². The van der Waals surface area contributed by atoms with Crippen LogP contribution >= 0.6 is 0 Å². The fourth-order valence-electron chi connectivity index (χ4n) is 2.45. The number of nitrogens with one attached hydrogen (secondary N) is 1. The van der Waals surface area contributed by atoms with Crippen molar-refractivity contribution in [1.82, 2.24) is 0 Å². The van der Waals surface area contributed by atoms with E-state index in [4.69, 9.17) is 0 Å². The van der Waals surface area contributed by atoms with Crippen molar-refractivity contribution in [3.05, 3.63) is 23.8 Å². The van der Waals surface area contributed by atoms with Crippen LogP contribution in [-0.2, 0) is 0 Å². The molecule has 0 bridgehead atoms. The van der Waals surface area contributed by atoms with Gasteiger partial charge in [-0.1, -0.05) is 6.07 Å². The largest absolute Gasteiger partial charge is 0.478 e. The summed E-state index contributed by atoms with van der Waals surface area (Å²) in [7, 11) is 0. The highest BCUT2D eigenvalue weighted by atomic mass is 16.4. The molecule has 92 valence electrons. The summed E-state index contributed by atoms with van der Waals surface area (Å²) in [5, 5.41) is 12.6. The molecule has 4 nitrogen and oxygen atoms in total. The highest BCUT2D eigenvalue weighted by Crippen LogP contribution is 2.38. The zero-order chi connectivity index (χ0) is 12.6. The topological polar surface area (TPSA) is 52.6 Å². The van der Waals surface area contributed by atoms with Crippen LogP contribution in [-0.4, -0.2) is 29.7 Å². The molecule has 0 spiro atoms. The minimum absolute atomic E-state index is 0.0761. The van der Waals surface area contributed by atoms with Crippen molar-refractivity contribution in [2.75, 3.05) is 23.3 Å². The first-order chi connectivity index (χ1) is 7.97. The lowest BCUT2D eigenvalue weighted by molar-refractivity contribution is 0.0697. The average molecular weight is 234 g/mol. The fraction of sp³-hybridized carbons (Fsp3) is 0.462. The number of anilines is 2. The van der Waals surface area contributed by atoms with Crippen LogP contribution in [0.5, 0.6) is 0 Å². The zero-order valence-corrected chi connectivity index (χ0v) is 10.4. The van der Waals surface area contributed by atoms with Crippen molar-refractivity contribution >= 4 is 17.3 Å². The van der Waals surface area contributed by atoms with Crippen LogP contribution < -0.4 is 10.2 Å². The number of carbonyl (C=O) groups is 1. The Balaban J connectivity index is 2.61. The third-order valence-corrected chi connectivity index (χ3v) is 3.29. The number of likely N-dealkylation sites (N-methyl/N-ethyl adjacent to an activating group) is 1. The van der Waals surface area contributed by atoms with Crippen molar-refractivity contribution in [2.24, 2.45) is 0 Å². The highest BCUT2D eigenvalue weighted by Gasteiger charge is 2.34. The number of carboxylic acids is 1. The van der Waals surface area contributed by atoms with E-state index in [1.54, 1.807) is 12.1 Å². The van der Waals surface area contributed by atoms with Gasteiger partial charge in [-0.25, -0.2) is 4.79 Å². The molecular formula is C13H18N2O2. The second kappa shape index (κ2) is 3.95. The normalized spacial score (nSPS) is 17.2. The maximum absolute atomic E-state index is 11.3. The number of fused-ring (bicyclic) bond motifs is 1. The van der Waals surface area contributed by atoms with Gasteiger partial charge in [0.15, 0.2) is 0 Å². The molecule has 0 radical (unpaired) electrons. The smallest absolute Gasteiger partial charge is 0.337 e. The van der Waals surface area contributed by atoms with Gasteiger partial charge in [-0.15, -0.1) is 0 Å². The van der Waals surface area contributed by atoms with Gasteiger partial charge in [0, 0.05) is 13.1 Å². The molecule has 2 N–H and O–H groups in total. The Morgan fingerprint density at radius 3 is 2.82 bits per heavy atom. The fourth-order valence-corrected chi connectivity index (χ4v) is 2.45. The van der Waals surface area contributed by atoms with Gasteiger partial charge < -0.3 is 15.3 Å². The Hall–Kier alpha value is -1.71. The van der Waals surface area contributed by atoms with Gasteiger partial charge in [-0.2, -0.15) is 0 Å². The molecule has 0 saturated carbocycles. The second-order valence-corrected chi connectivity index (χ2v) is 4.92. The first-order valence-electron chi connectivity index (χ1n) is 5.85. The predicted molar refractivity (Wildman–Crippen MR) is 69.0 cm³/mol. The molecule has 0 fully saturated rings. The summed E-state index contributed by atoms with van der Waals surface area (Å²) in [4.78, 5) is 13.4. The minimum atomic E-state index is -0.875. The SMILES string of the molecule is CCN1c2c(cccc2C(=O)O)NCC1(C)C. The van der Waals surface area contributed by atoms with E-state index in [9.17, 15) is 9.90 Å². The van der Waals surface area contributed by atoms with Crippen molar-refractivity contribution in [2.45, 2.75) is 26.3 Å². The monoisotopic (exact) mass is 234 g/mol. The molecule has 0 amide bonds. The average Bonchev–Trinajstić information content (AvgIpc) is 2.27. The van der Waals surface area contributed by atoms with Gasteiger partial charge in [0.1, 0.15) is 0 Å². The summed E-state index contributed by atoms with van der Waals surface area (Å²) in [6, 6.07) is 5.37. The zero-order valence-electron chi connectivity index (χ0n) is 10.4. The number of nitrogens with zero attached hydrogens (tertiary/aromatic N) is 1. The number of hydrogen-bond donors (Lipinski definition) is 2. The molecule has 0 atom stereocenters. The molecule has 1 heterocycles. The maximum Gasteiger partial charge on any atom is 0.337 e. The summed E-state index contributed by atoms with van der Waals surface area (Å²) >= 11 is 0. The van der Waals surface area contributed by atoms with Crippen LogP contribution in [0, 0.1) is 0 Å². The molecule has 1 aromatic rings. The summed E-state index contributed by atoms with van der Waals surface area (Å²) in [6.45, 7) is 7.90. The van der Waals surface area contributed by atoms with Crippen molar-refractivity contribution in [1.29, 1.82) is 0 Å². The lowest BCUT2D eigenvalue weighted by Crippen LogP contribution is -2.52. The van der Waals surface area contributed by atoms with Crippen molar-refractivity contribution in [3.8, 4) is 0 Å². The number of carboxylic acid groups (broad SMARTS) is 1. The summed E-state index contributed by atoms with van der Waals surface area (Å²) in [5.74, 6) is -0.875. The first-order valence-corrected chi connectivity index (χ1v) is 5.85. The minimum Gasteiger partial charge on any atom is -0.478 e. The molecule has 0 aliphatic carbocycles. The van der Waals surface area contributed by atoms with Crippen LogP contribution in [0.3, 0.4) is 0 Å².